The van der Waals surface area contributed by atoms with E-state index in [0.29, 0.717) is 24.8 Å². The van der Waals surface area contributed by atoms with Gasteiger partial charge in [-0.05, 0) is 38.3 Å². The summed E-state index contributed by atoms with van der Waals surface area (Å²) >= 11 is 0. The largest absolute Gasteiger partial charge is 0.479 e. The fourth-order valence-corrected chi connectivity index (χ4v) is 1.86. The number of pyridine rings is 1. The summed E-state index contributed by atoms with van der Waals surface area (Å²) in [7, 11) is 0. The molecular formula is C14H21N3O2. The SMILES string of the molecule is CCC(Oc1ccc(C)nc1CNC1CC1)C(N)=O. The minimum atomic E-state index is -0.593. The highest BCUT2D eigenvalue weighted by molar-refractivity contribution is 5.79. The van der Waals surface area contributed by atoms with E-state index in [2.05, 4.69) is 10.3 Å². The van der Waals surface area contributed by atoms with E-state index in [4.69, 9.17) is 10.5 Å². The number of aromatic nitrogens is 1. The minimum Gasteiger partial charge on any atom is -0.479 e. The highest BCUT2D eigenvalue weighted by atomic mass is 16.5. The molecule has 1 aromatic rings. The van der Waals surface area contributed by atoms with Crippen LogP contribution in [0.1, 0.15) is 37.6 Å². The molecule has 0 spiro atoms. The lowest BCUT2D eigenvalue weighted by atomic mass is 10.2. The van der Waals surface area contributed by atoms with Gasteiger partial charge in [-0.1, -0.05) is 6.92 Å². The van der Waals surface area contributed by atoms with E-state index in [9.17, 15) is 4.79 Å². The van der Waals surface area contributed by atoms with Crippen molar-refractivity contribution in [2.75, 3.05) is 0 Å². The van der Waals surface area contributed by atoms with E-state index >= 15 is 0 Å². The number of nitrogens with two attached hydrogens (primary N) is 1. The van der Waals surface area contributed by atoms with Gasteiger partial charge < -0.3 is 15.8 Å². The first kappa shape index (κ1) is 13.8. The molecule has 1 unspecified atom stereocenters. The fraction of sp³-hybridized carbons (Fsp3) is 0.571. The van der Waals surface area contributed by atoms with Crippen molar-refractivity contribution >= 4 is 5.91 Å². The Morgan fingerprint density at radius 1 is 1.58 bits per heavy atom. The average Bonchev–Trinajstić information content (AvgIpc) is 3.18. The molecule has 1 fully saturated rings. The molecule has 1 aliphatic rings. The Balaban J connectivity index is 2.10. The topological polar surface area (TPSA) is 77.2 Å². The van der Waals surface area contributed by atoms with Gasteiger partial charge in [-0.25, -0.2) is 0 Å². The van der Waals surface area contributed by atoms with Crippen LogP contribution in [-0.2, 0) is 11.3 Å². The zero-order valence-corrected chi connectivity index (χ0v) is 11.5. The van der Waals surface area contributed by atoms with Crippen molar-refractivity contribution < 1.29 is 9.53 Å². The van der Waals surface area contributed by atoms with Crippen LogP contribution in [0.3, 0.4) is 0 Å². The van der Waals surface area contributed by atoms with Gasteiger partial charge in [-0.3, -0.25) is 9.78 Å². The molecule has 1 atom stereocenters. The van der Waals surface area contributed by atoms with Crippen molar-refractivity contribution in [2.24, 2.45) is 5.73 Å². The number of aryl methyl sites for hydroxylation is 1. The van der Waals surface area contributed by atoms with Gasteiger partial charge in [-0.2, -0.15) is 0 Å². The molecule has 0 bridgehead atoms. The maximum absolute atomic E-state index is 11.3. The van der Waals surface area contributed by atoms with Crippen LogP contribution >= 0.6 is 0 Å². The van der Waals surface area contributed by atoms with Crippen LogP contribution in [-0.4, -0.2) is 23.0 Å². The summed E-state index contributed by atoms with van der Waals surface area (Å²) in [5, 5.41) is 3.40. The summed E-state index contributed by atoms with van der Waals surface area (Å²) in [6, 6.07) is 4.34. The normalized spacial score (nSPS) is 16.1. The minimum absolute atomic E-state index is 0.441. The third kappa shape index (κ3) is 3.92. The first-order chi connectivity index (χ1) is 9.10. The van der Waals surface area contributed by atoms with Gasteiger partial charge in [0.15, 0.2) is 6.10 Å². The lowest BCUT2D eigenvalue weighted by molar-refractivity contribution is -0.124. The van der Waals surface area contributed by atoms with E-state index in [-0.39, 0.29) is 0 Å². The molecule has 5 nitrogen and oxygen atoms in total. The Kier molecular flexibility index (Phi) is 4.37. The Bertz CT molecular complexity index is 458. The molecule has 2 rings (SSSR count). The lowest BCUT2D eigenvalue weighted by Crippen LogP contribution is -2.33. The van der Waals surface area contributed by atoms with Crippen LogP contribution in [0.2, 0.25) is 0 Å². The molecule has 1 aromatic heterocycles. The summed E-state index contributed by atoms with van der Waals surface area (Å²) in [5.41, 5.74) is 7.08. The number of hydrogen-bond acceptors (Lipinski definition) is 4. The maximum atomic E-state index is 11.3. The Morgan fingerprint density at radius 2 is 2.32 bits per heavy atom. The van der Waals surface area contributed by atoms with E-state index in [1.807, 2.05) is 26.0 Å². The van der Waals surface area contributed by atoms with Crippen LogP contribution in [0.5, 0.6) is 5.75 Å². The van der Waals surface area contributed by atoms with Gasteiger partial charge in [0.05, 0.1) is 5.69 Å². The second-order valence-corrected chi connectivity index (χ2v) is 4.97. The highest BCUT2D eigenvalue weighted by Gasteiger charge is 2.22. The Hall–Kier alpha value is -1.62. The number of rotatable bonds is 7. The second-order valence-electron chi connectivity index (χ2n) is 4.97. The monoisotopic (exact) mass is 263 g/mol. The van der Waals surface area contributed by atoms with E-state index < -0.39 is 12.0 Å². The predicted octanol–water partition coefficient (Wildman–Crippen LogP) is 1.28. The summed E-state index contributed by atoms with van der Waals surface area (Å²) in [6.45, 7) is 4.48. The summed E-state index contributed by atoms with van der Waals surface area (Å²) in [6.07, 6.45) is 2.41. The van der Waals surface area contributed by atoms with Crippen LogP contribution < -0.4 is 15.8 Å². The first-order valence-electron chi connectivity index (χ1n) is 6.76. The molecule has 3 N–H and O–H groups in total. The lowest BCUT2D eigenvalue weighted by Gasteiger charge is -2.17. The highest BCUT2D eigenvalue weighted by Crippen LogP contribution is 2.23. The van der Waals surface area contributed by atoms with Crippen molar-refractivity contribution in [1.82, 2.24) is 10.3 Å². The molecule has 5 heteroatoms. The smallest absolute Gasteiger partial charge is 0.258 e. The molecule has 1 amide bonds. The molecule has 1 heterocycles. The number of carbonyl (C=O) groups excluding carboxylic acids is 1. The summed E-state index contributed by atoms with van der Waals surface area (Å²) < 4.78 is 5.69. The van der Waals surface area contributed by atoms with Crippen molar-refractivity contribution in [3.8, 4) is 5.75 Å². The van der Waals surface area contributed by atoms with Gasteiger partial charge in [-0.15, -0.1) is 0 Å². The molecule has 0 radical (unpaired) electrons. The van der Waals surface area contributed by atoms with Crippen molar-refractivity contribution in [3.05, 3.63) is 23.5 Å². The third-order valence-electron chi connectivity index (χ3n) is 3.16. The zero-order valence-electron chi connectivity index (χ0n) is 11.5. The van der Waals surface area contributed by atoms with Gasteiger partial charge in [0, 0.05) is 18.3 Å². The second kappa shape index (κ2) is 6.02. The van der Waals surface area contributed by atoms with Gasteiger partial charge in [0.1, 0.15) is 5.75 Å². The molecular weight excluding hydrogens is 242 g/mol. The third-order valence-corrected chi connectivity index (χ3v) is 3.16. The molecule has 0 saturated heterocycles. The quantitative estimate of drug-likeness (QED) is 0.777. The summed E-state index contributed by atoms with van der Waals surface area (Å²) in [4.78, 5) is 15.7. The molecule has 19 heavy (non-hydrogen) atoms. The van der Waals surface area contributed by atoms with Crippen LogP contribution in [0, 0.1) is 6.92 Å². The Labute approximate surface area is 113 Å². The van der Waals surface area contributed by atoms with Crippen molar-refractivity contribution in [2.45, 2.75) is 51.8 Å². The van der Waals surface area contributed by atoms with Crippen LogP contribution in [0.4, 0.5) is 0 Å². The number of ether oxygens (including phenoxy) is 1. The average molecular weight is 263 g/mol. The van der Waals surface area contributed by atoms with Crippen molar-refractivity contribution in [3.63, 3.8) is 0 Å². The molecule has 1 aliphatic carbocycles. The molecule has 0 aromatic carbocycles. The van der Waals surface area contributed by atoms with Crippen LogP contribution in [0.25, 0.3) is 0 Å². The van der Waals surface area contributed by atoms with Gasteiger partial charge in [0.2, 0.25) is 0 Å². The molecule has 0 aliphatic heterocycles. The first-order valence-corrected chi connectivity index (χ1v) is 6.76. The molecule has 104 valence electrons. The number of nitrogens with zero attached hydrogens (tertiary/aromatic N) is 1. The number of hydrogen-bond donors (Lipinski definition) is 2. The zero-order chi connectivity index (χ0) is 13.8. The number of carbonyl (C=O) groups is 1. The maximum Gasteiger partial charge on any atom is 0.258 e. The van der Waals surface area contributed by atoms with Crippen LogP contribution in [0.15, 0.2) is 12.1 Å². The number of amides is 1. The number of nitrogens with one attached hydrogen (secondary N) is 1. The van der Waals surface area contributed by atoms with Gasteiger partial charge in [0.25, 0.3) is 5.91 Å². The standard InChI is InChI=1S/C14H21N3O2/c1-3-12(14(15)18)19-13-7-4-9(2)17-11(13)8-16-10-5-6-10/h4,7,10,12,16H,3,5-6,8H2,1-2H3,(H2,15,18). The fourth-order valence-electron chi connectivity index (χ4n) is 1.86. The van der Waals surface area contributed by atoms with Crippen molar-refractivity contribution in [1.29, 1.82) is 0 Å². The van der Waals surface area contributed by atoms with E-state index in [0.717, 1.165) is 11.4 Å². The molecule has 1 saturated carbocycles. The number of primary amides is 1. The Morgan fingerprint density at radius 3 is 2.89 bits per heavy atom. The van der Waals surface area contributed by atoms with Gasteiger partial charge >= 0.3 is 0 Å². The van der Waals surface area contributed by atoms with E-state index in [1.54, 1.807) is 0 Å². The summed E-state index contributed by atoms with van der Waals surface area (Å²) in [5.74, 6) is 0.202. The predicted molar refractivity (Wildman–Crippen MR) is 72.7 cm³/mol. The van der Waals surface area contributed by atoms with E-state index in [1.165, 1.54) is 12.8 Å².